The number of carbonyl (C=O) groups excluding carboxylic acids is 4. The van der Waals surface area contributed by atoms with Gasteiger partial charge in [-0.2, -0.15) is 8.42 Å². The van der Waals surface area contributed by atoms with E-state index in [1.807, 2.05) is 6.92 Å². The fourth-order valence-corrected chi connectivity index (χ4v) is 11.1. The van der Waals surface area contributed by atoms with E-state index in [0.29, 0.717) is 6.42 Å². The number of nitrogens with zero attached hydrogens (tertiary/aromatic N) is 3. The Bertz CT molecular complexity index is 2230. The van der Waals surface area contributed by atoms with E-state index in [2.05, 4.69) is 30.4 Å². The normalized spacial score (nSPS) is 30.7. The third-order valence-corrected chi connectivity index (χ3v) is 15.3. The summed E-state index contributed by atoms with van der Waals surface area (Å²) in [6.45, 7) is 2.67. The summed E-state index contributed by atoms with van der Waals surface area (Å²) in [7, 11) is -3.91. The molecule has 2 aliphatic carbocycles. The number of carboxylic acids is 1. The van der Waals surface area contributed by atoms with E-state index < -0.39 is 145 Å². The summed E-state index contributed by atoms with van der Waals surface area (Å²) in [6, 6.07) is -1.35. The molecule has 0 aromatic carbocycles. The summed E-state index contributed by atoms with van der Waals surface area (Å²) in [5.41, 5.74) is -2.51. The summed E-state index contributed by atoms with van der Waals surface area (Å²) < 4.78 is 84.2. The van der Waals surface area contributed by atoms with Gasteiger partial charge in [0.25, 0.3) is 5.91 Å². The third-order valence-electron chi connectivity index (χ3n) is 14.7. The molecule has 7 unspecified atom stereocenters. The van der Waals surface area contributed by atoms with E-state index in [1.165, 1.54) is 21.0 Å². The molecule has 0 bridgehead atoms. The predicted octanol–water partition coefficient (Wildman–Crippen LogP) is -2.57. The van der Waals surface area contributed by atoms with Crippen LogP contribution in [-0.4, -0.2) is 239 Å². The first-order valence-electron chi connectivity index (χ1n) is 27.1. The number of aliphatic hydroxyl groups is 6. The molecule has 3 heterocycles. The first-order chi connectivity index (χ1) is 38.0. The highest BCUT2D eigenvalue weighted by atomic mass is 32.3. The van der Waals surface area contributed by atoms with Gasteiger partial charge in [-0.15, -0.1) is 5.10 Å². The minimum atomic E-state index is -5.08. The Balaban J connectivity index is 1.13. The first-order valence-corrected chi connectivity index (χ1v) is 28.5. The van der Waals surface area contributed by atoms with Gasteiger partial charge in [-0.05, 0) is 44.4 Å². The van der Waals surface area contributed by atoms with Gasteiger partial charge in [0.1, 0.15) is 48.4 Å². The molecule has 4 fully saturated rings. The molecule has 2 saturated carbocycles. The maximum atomic E-state index is 14.0. The summed E-state index contributed by atoms with van der Waals surface area (Å²) in [5.74, 6) is -4.19. The van der Waals surface area contributed by atoms with Crippen molar-refractivity contribution in [3.8, 4) is 0 Å². The van der Waals surface area contributed by atoms with Gasteiger partial charge in [0.15, 0.2) is 24.4 Å². The van der Waals surface area contributed by atoms with Gasteiger partial charge in [0, 0.05) is 45.9 Å². The number of ketones is 1. The summed E-state index contributed by atoms with van der Waals surface area (Å²) in [6.07, 6.45) is -10.0. The van der Waals surface area contributed by atoms with Crippen LogP contribution < -0.4 is 16.0 Å². The molecule has 16 atom stereocenters. The highest BCUT2D eigenvalue weighted by Gasteiger charge is 2.53. The second-order valence-corrected chi connectivity index (χ2v) is 21.7. The zero-order chi connectivity index (χ0) is 58.7. The van der Waals surface area contributed by atoms with E-state index in [9.17, 15) is 68.1 Å². The second kappa shape index (κ2) is 32.2. The van der Waals surface area contributed by atoms with Gasteiger partial charge in [-0.25, -0.2) is 13.7 Å². The van der Waals surface area contributed by atoms with E-state index >= 15 is 0 Å². The van der Waals surface area contributed by atoms with Crippen LogP contribution >= 0.6 is 0 Å². The number of carboxylic acid groups (broad SMARTS) is 1. The Hall–Kier alpha value is -4.00. The molecule has 2 saturated heterocycles. The lowest BCUT2D eigenvalue weighted by Crippen LogP contribution is -2.67. The number of aliphatic carboxylic acids is 1. The Kier molecular flexibility index (Phi) is 26.9. The molecule has 3 amide bonds. The fraction of sp³-hybridized carbons (Fsp3) is 0.857. The maximum Gasteiger partial charge on any atom is 0.399 e. The monoisotopic (exact) mass is 1170 g/mol. The highest BCUT2D eigenvalue weighted by Crippen LogP contribution is 2.40. The van der Waals surface area contributed by atoms with Crippen LogP contribution in [0.4, 0.5) is 0 Å². The Morgan fingerprint density at radius 3 is 2.23 bits per heavy atom. The summed E-state index contributed by atoms with van der Waals surface area (Å²) in [5, 5.41) is 89.4. The van der Waals surface area contributed by atoms with Crippen molar-refractivity contribution in [2.24, 2.45) is 17.8 Å². The molecule has 2 aliphatic heterocycles. The number of hydrogen-bond acceptors (Lipinski definition) is 24. The lowest BCUT2D eigenvalue weighted by atomic mass is 9.74. The molecule has 11 N–H and O–H groups in total. The molecule has 80 heavy (non-hydrogen) atoms. The Morgan fingerprint density at radius 1 is 0.875 bits per heavy atom. The van der Waals surface area contributed by atoms with Gasteiger partial charge in [0.2, 0.25) is 17.5 Å². The molecule has 458 valence electrons. The molecule has 1 aromatic rings. The van der Waals surface area contributed by atoms with Crippen molar-refractivity contribution >= 4 is 39.9 Å². The van der Waals surface area contributed by atoms with Crippen molar-refractivity contribution in [1.82, 2.24) is 30.9 Å². The average Bonchev–Trinajstić information content (AvgIpc) is 3.93. The quantitative estimate of drug-likeness (QED) is 0.0255. The smallest absolute Gasteiger partial charge is 0.399 e. The number of aliphatic hydroxyl groups excluding tert-OH is 6. The second-order valence-electron chi connectivity index (χ2n) is 20.7. The fourth-order valence-electron chi connectivity index (χ4n) is 10.5. The number of amides is 3. The SMILES string of the molecule is CCC1CC(C(=O)CCCNC(=O)CCOCCOCCNC(=O)c2cn(C(CO)(COC)OS(=O)(=O)O)nn2)C[C@@H](O[C@@H]2O[C@@H](CO)[C@H](O)C(O[C@@H](CC3CCCCC3)C(=O)O)C2NC(C)=O)[C@@H]1O[C@@H]1OC(C)[C@@H](O)[C@H](O)C1O. The average molecular weight is 1170 g/mol. The van der Waals surface area contributed by atoms with Crippen LogP contribution in [0.25, 0.3) is 0 Å². The number of hydrogen-bond donors (Lipinski definition) is 11. The third kappa shape index (κ3) is 19.3. The van der Waals surface area contributed by atoms with Gasteiger partial charge >= 0.3 is 16.4 Å². The number of carbonyl (C=O) groups is 5. The zero-order valence-electron chi connectivity index (χ0n) is 45.5. The van der Waals surface area contributed by atoms with Crippen LogP contribution in [0.15, 0.2) is 6.20 Å². The van der Waals surface area contributed by atoms with E-state index in [0.717, 1.165) is 43.0 Å². The van der Waals surface area contributed by atoms with Crippen molar-refractivity contribution in [3.05, 3.63) is 11.9 Å². The standard InChI is InChI=1S/C49H82N6O24S/c1-5-30-21-31(33(59)12-9-14-50-37(60)13-16-72-18-19-73-17-15-51-45(65)32-23-55(54-53-32)49(25-57,26-71-4)79-80(68,69)70)22-34(43(30)78-48-42(64)41(63)39(61)27(2)74-48)76-47-38(52-28(3)58)44(40(62)36(24-56)77-47)75-35(46(66)67)20-29-10-7-6-8-11-29/h23,27,29-31,34-36,38-44,47-48,56-57,61-64H,5-22,24-26H2,1-4H3,(H,50,60)(H,51,65)(H,52,58)(H,66,67)(H,68,69,70)/t27?,30?,31?,34-,35+,36+,38?,39-,40+,41+,42?,43-,44?,47-,48+,49?/m1/s1. The van der Waals surface area contributed by atoms with Crippen molar-refractivity contribution in [2.75, 3.05) is 66.4 Å². The van der Waals surface area contributed by atoms with Crippen LogP contribution in [0.3, 0.4) is 0 Å². The van der Waals surface area contributed by atoms with Crippen LogP contribution in [0, 0.1) is 17.8 Å². The van der Waals surface area contributed by atoms with Crippen molar-refractivity contribution in [2.45, 2.75) is 183 Å². The molecule has 5 rings (SSSR count). The topological polar surface area (TPSA) is 431 Å². The zero-order valence-corrected chi connectivity index (χ0v) is 46.3. The summed E-state index contributed by atoms with van der Waals surface area (Å²) in [4.78, 5) is 64.7. The van der Waals surface area contributed by atoms with Crippen molar-refractivity contribution in [3.63, 3.8) is 0 Å². The minimum absolute atomic E-state index is 0.00242. The lowest BCUT2D eigenvalue weighted by molar-refractivity contribution is -0.338. The van der Waals surface area contributed by atoms with Crippen molar-refractivity contribution < 1.29 is 115 Å². The van der Waals surface area contributed by atoms with Crippen molar-refractivity contribution in [1.29, 1.82) is 0 Å². The van der Waals surface area contributed by atoms with Gasteiger partial charge in [-0.1, -0.05) is 50.7 Å². The molecule has 1 aromatic heterocycles. The van der Waals surface area contributed by atoms with Gasteiger partial charge in [0.05, 0.1) is 70.8 Å². The lowest BCUT2D eigenvalue weighted by Gasteiger charge is -2.49. The van der Waals surface area contributed by atoms with E-state index in [1.54, 1.807) is 0 Å². The Morgan fingerprint density at radius 2 is 1.59 bits per heavy atom. The molecule has 30 nitrogen and oxygen atoms in total. The van der Waals surface area contributed by atoms with Gasteiger partial charge in [-0.3, -0.25) is 23.7 Å². The number of Topliss-reactive ketones (excluding diaryl/α,β-unsaturated/α-hetero) is 1. The predicted molar refractivity (Wildman–Crippen MR) is 271 cm³/mol. The molecular weight excluding hydrogens is 1090 g/mol. The maximum absolute atomic E-state index is 14.0. The molecule has 4 aliphatic rings. The molecule has 0 spiro atoms. The number of rotatable bonds is 33. The molecule has 31 heteroatoms. The van der Waals surface area contributed by atoms with Crippen LogP contribution in [0.5, 0.6) is 0 Å². The van der Waals surface area contributed by atoms with Crippen LogP contribution in [0.1, 0.15) is 108 Å². The molecular formula is C49H82N6O24S. The summed E-state index contributed by atoms with van der Waals surface area (Å²) >= 11 is 0. The number of aromatic nitrogens is 3. The highest BCUT2D eigenvalue weighted by molar-refractivity contribution is 7.80. The number of nitrogens with one attached hydrogen (secondary N) is 3. The molecule has 0 radical (unpaired) electrons. The number of methoxy groups -OCH3 is 1. The van der Waals surface area contributed by atoms with E-state index in [-0.39, 0.29) is 101 Å². The van der Waals surface area contributed by atoms with Crippen LogP contribution in [0.2, 0.25) is 0 Å². The largest absolute Gasteiger partial charge is 0.479 e. The van der Waals surface area contributed by atoms with Gasteiger partial charge < -0.3 is 89.6 Å². The minimum Gasteiger partial charge on any atom is -0.479 e. The number of ether oxygens (including phenoxy) is 8. The first kappa shape index (κ1) is 66.8. The van der Waals surface area contributed by atoms with Crippen LogP contribution in [-0.2, 0) is 77.4 Å². The Labute approximate surface area is 463 Å². The van der Waals surface area contributed by atoms with E-state index in [4.69, 9.17) is 42.4 Å².